The van der Waals surface area contributed by atoms with Crippen LogP contribution in [0.3, 0.4) is 0 Å². The average Bonchev–Trinajstić information content (AvgIpc) is 2.10. The molecular formula is C10H12O5. The first-order valence-electron chi connectivity index (χ1n) is 4.20. The minimum Gasteiger partial charge on any atom is -0.478 e. The molecule has 0 heterocycles. The lowest BCUT2D eigenvalue weighted by molar-refractivity contribution is -0.135. The summed E-state index contributed by atoms with van der Waals surface area (Å²) < 4.78 is 0. The van der Waals surface area contributed by atoms with E-state index in [1.54, 1.807) is 0 Å². The highest BCUT2D eigenvalue weighted by atomic mass is 16.4. The Morgan fingerprint density at radius 1 is 1.20 bits per heavy atom. The third-order valence-corrected chi connectivity index (χ3v) is 1.67. The lowest BCUT2D eigenvalue weighted by atomic mass is 10.0. The van der Waals surface area contributed by atoms with Gasteiger partial charge in [0.15, 0.2) is 5.78 Å². The number of hydrogen-bond acceptors (Lipinski definition) is 3. The third kappa shape index (κ3) is 5.41. The molecule has 0 atom stereocenters. The summed E-state index contributed by atoms with van der Waals surface area (Å²) in [5.74, 6) is -2.94. The van der Waals surface area contributed by atoms with Gasteiger partial charge in [-0.2, -0.15) is 0 Å². The molecule has 2 N–H and O–H groups in total. The van der Waals surface area contributed by atoms with Crippen molar-refractivity contribution < 1.29 is 24.6 Å². The molecule has 0 bridgehead atoms. The summed E-state index contributed by atoms with van der Waals surface area (Å²) in [6, 6.07) is 0. The van der Waals surface area contributed by atoms with Crippen LogP contribution in [-0.2, 0) is 14.4 Å². The Morgan fingerprint density at radius 3 is 2.07 bits per heavy atom. The molecule has 0 aliphatic heterocycles. The number of Topliss-reactive ketones (excluding diaryl/α,β-unsaturated/α-hetero) is 1. The van der Waals surface area contributed by atoms with E-state index in [0.29, 0.717) is 11.6 Å². The normalized spacial score (nSPS) is 10.9. The Bertz CT molecular complexity index is 338. The number of hydrogen-bond donors (Lipinski definition) is 2. The molecule has 0 aliphatic carbocycles. The van der Waals surface area contributed by atoms with Gasteiger partial charge in [-0.3, -0.25) is 4.79 Å². The molecule has 5 nitrogen and oxygen atoms in total. The SMILES string of the molecule is C=C(C)C(=O)CCC(=CC(=O)O)C(=O)O. The second kappa shape index (κ2) is 5.74. The van der Waals surface area contributed by atoms with E-state index in [1.807, 2.05) is 0 Å². The number of carbonyl (C=O) groups excluding carboxylic acids is 1. The van der Waals surface area contributed by atoms with Gasteiger partial charge in [0.25, 0.3) is 0 Å². The molecule has 0 aromatic carbocycles. The van der Waals surface area contributed by atoms with Gasteiger partial charge in [0.2, 0.25) is 0 Å². The Kier molecular flexibility index (Phi) is 5.01. The molecular weight excluding hydrogens is 200 g/mol. The smallest absolute Gasteiger partial charge is 0.331 e. The average molecular weight is 212 g/mol. The van der Waals surface area contributed by atoms with Crippen LogP contribution in [0.15, 0.2) is 23.8 Å². The zero-order valence-corrected chi connectivity index (χ0v) is 8.32. The van der Waals surface area contributed by atoms with Crippen molar-refractivity contribution in [2.45, 2.75) is 19.8 Å². The van der Waals surface area contributed by atoms with Crippen molar-refractivity contribution in [3.05, 3.63) is 23.8 Å². The zero-order chi connectivity index (χ0) is 12.0. The van der Waals surface area contributed by atoms with Crippen LogP contribution in [0.2, 0.25) is 0 Å². The van der Waals surface area contributed by atoms with Crippen molar-refractivity contribution in [1.82, 2.24) is 0 Å². The minimum absolute atomic E-state index is 0.0409. The second-order valence-electron chi connectivity index (χ2n) is 3.02. The fraction of sp³-hybridized carbons (Fsp3) is 0.300. The summed E-state index contributed by atoms with van der Waals surface area (Å²) >= 11 is 0. The molecule has 0 unspecified atom stereocenters. The quantitative estimate of drug-likeness (QED) is 0.641. The number of allylic oxidation sites excluding steroid dienone is 1. The lowest BCUT2D eigenvalue weighted by Gasteiger charge is -2.00. The summed E-state index contributed by atoms with van der Waals surface area (Å²) in [4.78, 5) is 31.9. The highest BCUT2D eigenvalue weighted by Crippen LogP contribution is 2.08. The van der Waals surface area contributed by atoms with Gasteiger partial charge in [0.05, 0.1) is 0 Å². The van der Waals surface area contributed by atoms with E-state index in [4.69, 9.17) is 10.2 Å². The predicted molar refractivity (Wildman–Crippen MR) is 52.4 cm³/mol. The van der Waals surface area contributed by atoms with Crippen molar-refractivity contribution in [3.63, 3.8) is 0 Å². The molecule has 0 spiro atoms. The third-order valence-electron chi connectivity index (χ3n) is 1.67. The van der Waals surface area contributed by atoms with E-state index in [0.717, 1.165) is 0 Å². The predicted octanol–water partition coefficient (Wildman–Crippen LogP) is 1.01. The van der Waals surface area contributed by atoms with E-state index in [1.165, 1.54) is 6.92 Å². The molecule has 0 aromatic rings. The molecule has 0 aliphatic rings. The van der Waals surface area contributed by atoms with Gasteiger partial charge in [-0.05, 0) is 18.9 Å². The van der Waals surface area contributed by atoms with Gasteiger partial charge >= 0.3 is 11.9 Å². The monoisotopic (exact) mass is 212 g/mol. The maximum Gasteiger partial charge on any atom is 0.331 e. The summed E-state index contributed by atoms with van der Waals surface area (Å²) in [5, 5.41) is 17.0. The number of ketones is 1. The first kappa shape index (κ1) is 13.1. The fourth-order valence-electron chi connectivity index (χ4n) is 0.851. The summed E-state index contributed by atoms with van der Waals surface area (Å²) in [6.07, 6.45) is 0.447. The van der Waals surface area contributed by atoms with Gasteiger partial charge in [0, 0.05) is 18.1 Å². The molecule has 82 valence electrons. The van der Waals surface area contributed by atoms with Gasteiger partial charge in [-0.1, -0.05) is 6.58 Å². The number of carboxylic acid groups (broad SMARTS) is 2. The Labute approximate surface area is 86.7 Å². The van der Waals surface area contributed by atoms with Crippen LogP contribution in [0.1, 0.15) is 19.8 Å². The van der Waals surface area contributed by atoms with E-state index in [9.17, 15) is 14.4 Å². The van der Waals surface area contributed by atoms with E-state index in [2.05, 4.69) is 6.58 Å². The maximum absolute atomic E-state index is 11.1. The molecule has 0 rings (SSSR count). The minimum atomic E-state index is -1.34. The molecule has 0 saturated carbocycles. The number of carboxylic acids is 2. The van der Waals surface area contributed by atoms with Gasteiger partial charge in [-0.25, -0.2) is 9.59 Å². The maximum atomic E-state index is 11.1. The Hall–Kier alpha value is -1.91. The summed E-state index contributed by atoms with van der Waals surface area (Å²) in [6.45, 7) is 4.92. The first-order chi connectivity index (χ1) is 6.84. The van der Waals surface area contributed by atoms with Gasteiger partial charge in [-0.15, -0.1) is 0 Å². The van der Waals surface area contributed by atoms with Gasteiger partial charge < -0.3 is 10.2 Å². The van der Waals surface area contributed by atoms with Crippen LogP contribution in [0.5, 0.6) is 0 Å². The van der Waals surface area contributed by atoms with Crippen LogP contribution in [0, 0.1) is 0 Å². The molecule has 0 radical (unpaired) electrons. The Morgan fingerprint density at radius 2 is 1.73 bits per heavy atom. The summed E-state index contributed by atoms with van der Waals surface area (Å²) in [5.41, 5.74) is 0.0344. The van der Waals surface area contributed by atoms with E-state index < -0.39 is 11.9 Å². The zero-order valence-electron chi connectivity index (χ0n) is 8.32. The highest BCUT2D eigenvalue weighted by Gasteiger charge is 2.12. The van der Waals surface area contributed by atoms with Crippen molar-refractivity contribution >= 4 is 17.7 Å². The van der Waals surface area contributed by atoms with Crippen molar-refractivity contribution in [3.8, 4) is 0 Å². The second-order valence-corrected chi connectivity index (χ2v) is 3.02. The number of aliphatic carboxylic acids is 2. The van der Waals surface area contributed by atoms with Crippen molar-refractivity contribution in [2.24, 2.45) is 0 Å². The van der Waals surface area contributed by atoms with E-state index in [-0.39, 0.29) is 24.2 Å². The topological polar surface area (TPSA) is 91.7 Å². The fourth-order valence-corrected chi connectivity index (χ4v) is 0.851. The largest absolute Gasteiger partial charge is 0.478 e. The standard InChI is InChI=1S/C10H12O5/c1-6(2)8(11)4-3-7(10(14)15)5-9(12)13/h5H,1,3-4H2,2H3,(H,12,13)(H,14,15). The molecule has 0 aromatic heterocycles. The molecule has 0 saturated heterocycles. The molecule has 15 heavy (non-hydrogen) atoms. The van der Waals surface area contributed by atoms with Crippen LogP contribution in [0.4, 0.5) is 0 Å². The van der Waals surface area contributed by atoms with Crippen LogP contribution in [0.25, 0.3) is 0 Å². The van der Waals surface area contributed by atoms with Crippen LogP contribution < -0.4 is 0 Å². The Balaban J connectivity index is 4.46. The first-order valence-corrected chi connectivity index (χ1v) is 4.20. The molecule has 0 fully saturated rings. The van der Waals surface area contributed by atoms with E-state index >= 15 is 0 Å². The van der Waals surface area contributed by atoms with Crippen molar-refractivity contribution in [2.75, 3.05) is 0 Å². The molecule has 0 amide bonds. The molecule has 5 heteroatoms. The number of carbonyl (C=O) groups is 3. The highest BCUT2D eigenvalue weighted by molar-refractivity contribution is 5.97. The summed E-state index contributed by atoms with van der Waals surface area (Å²) in [7, 11) is 0. The lowest BCUT2D eigenvalue weighted by Crippen LogP contribution is -2.07. The number of rotatable bonds is 6. The van der Waals surface area contributed by atoms with Gasteiger partial charge in [0.1, 0.15) is 0 Å². The van der Waals surface area contributed by atoms with Crippen LogP contribution >= 0.6 is 0 Å². The van der Waals surface area contributed by atoms with Crippen molar-refractivity contribution in [1.29, 1.82) is 0 Å². The van der Waals surface area contributed by atoms with Crippen LogP contribution in [-0.4, -0.2) is 27.9 Å².